The third kappa shape index (κ3) is 4.45. The SMILES string of the molecule is CC(C)N(CC(=O)c1cn(CCC#N)c2ccccc12)Cc1ccccc1. The molecule has 0 bridgehead atoms. The summed E-state index contributed by atoms with van der Waals surface area (Å²) in [7, 11) is 0. The van der Waals surface area contributed by atoms with E-state index in [1.54, 1.807) is 0 Å². The lowest BCUT2D eigenvalue weighted by atomic mass is 10.1. The number of benzene rings is 2. The first-order valence-electron chi connectivity index (χ1n) is 9.36. The molecule has 1 heterocycles. The zero-order valence-corrected chi connectivity index (χ0v) is 15.9. The molecule has 27 heavy (non-hydrogen) atoms. The molecule has 1 aromatic heterocycles. The van der Waals surface area contributed by atoms with E-state index in [4.69, 9.17) is 5.26 Å². The number of rotatable bonds is 8. The topological polar surface area (TPSA) is 49.0 Å². The van der Waals surface area contributed by atoms with E-state index in [9.17, 15) is 4.79 Å². The molecule has 2 aromatic carbocycles. The Hall–Kier alpha value is -2.90. The van der Waals surface area contributed by atoms with Crippen LogP contribution in [0.5, 0.6) is 0 Å². The molecule has 0 fully saturated rings. The first-order valence-corrected chi connectivity index (χ1v) is 9.36. The highest BCUT2D eigenvalue weighted by Crippen LogP contribution is 2.23. The summed E-state index contributed by atoms with van der Waals surface area (Å²) >= 11 is 0. The van der Waals surface area contributed by atoms with E-state index in [0.29, 0.717) is 19.5 Å². The summed E-state index contributed by atoms with van der Waals surface area (Å²) in [4.78, 5) is 15.3. The molecule has 4 heteroatoms. The number of Topliss-reactive ketones (excluding diaryl/α,β-unsaturated/α-hetero) is 1. The molecule has 0 unspecified atom stereocenters. The van der Waals surface area contributed by atoms with E-state index >= 15 is 0 Å². The third-order valence-electron chi connectivity index (χ3n) is 4.86. The summed E-state index contributed by atoms with van der Waals surface area (Å²) in [6.45, 7) is 5.96. The van der Waals surface area contributed by atoms with Crippen molar-refractivity contribution in [3.8, 4) is 6.07 Å². The molecule has 0 saturated carbocycles. The van der Waals surface area contributed by atoms with E-state index in [2.05, 4.69) is 36.9 Å². The number of para-hydroxylation sites is 1. The van der Waals surface area contributed by atoms with Crippen LogP contribution in [0.3, 0.4) is 0 Å². The second-order valence-electron chi connectivity index (χ2n) is 7.07. The lowest BCUT2D eigenvalue weighted by Crippen LogP contribution is -2.35. The molecule has 0 saturated heterocycles. The molecule has 0 radical (unpaired) electrons. The van der Waals surface area contributed by atoms with Crippen molar-refractivity contribution in [3.63, 3.8) is 0 Å². The monoisotopic (exact) mass is 359 g/mol. The van der Waals surface area contributed by atoms with Gasteiger partial charge >= 0.3 is 0 Å². The van der Waals surface area contributed by atoms with Crippen molar-refractivity contribution in [1.29, 1.82) is 5.26 Å². The van der Waals surface area contributed by atoms with Crippen LogP contribution in [0, 0.1) is 11.3 Å². The van der Waals surface area contributed by atoms with Crippen LogP contribution >= 0.6 is 0 Å². The summed E-state index contributed by atoms with van der Waals surface area (Å²) in [6, 6.07) is 20.6. The average Bonchev–Trinajstić information content (AvgIpc) is 3.05. The lowest BCUT2D eigenvalue weighted by molar-refractivity contribution is 0.0899. The zero-order valence-electron chi connectivity index (χ0n) is 15.9. The minimum Gasteiger partial charge on any atom is -0.346 e. The van der Waals surface area contributed by atoms with Gasteiger partial charge in [-0.2, -0.15) is 5.26 Å². The Labute approximate surface area is 160 Å². The number of ketones is 1. The number of hydrogen-bond acceptors (Lipinski definition) is 3. The fourth-order valence-corrected chi connectivity index (χ4v) is 3.33. The average molecular weight is 359 g/mol. The number of aromatic nitrogens is 1. The van der Waals surface area contributed by atoms with Gasteiger partial charge in [-0.05, 0) is 25.5 Å². The van der Waals surface area contributed by atoms with E-state index in [-0.39, 0.29) is 11.8 Å². The van der Waals surface area contributed by atoms with Gasteiger partial charge in [0.05, 0.1) is 19.0 Å². The standard InChI is InChI=1S/C23H25N3O/c1-18(2)26(15-19-9-4-3-5-10-19)17-23(27)21-16-25(14-8-13-24)22-12-7-6-11-20(21)22/h3-7,9-12,16,18H,8,14-15,17H2,1-2H3. The predicted octanol–water partition coefficient (Wildman–Crippen LogP) is 4.65. The molecule has 0 spiro atoms. The number of fused-ring (bicyclic) bond motifs is 1. The normalized spacial score (nSPS) is 11.2. The molecule has 3 rings (SSSR count). The fourth-order valence-electron chi connectivity index (χ4n) is 3.33. The first-order chi connectivity index (χ1) is 13.1. The molecule has 0 atom stereocenters. The van der Waals surface area contributed by atoms with Crippen LogP contribution in [0.2, 0.25) is 0 Å². The van der Waals surface area contributed by atoms with Crippen molar-refractivity contribution < 1.29 is 4.79 Å². The maximum atomic E-state index is 13.1. The number of nitrogens with zero attached hydrogens (tertiary/aromatic N) is 3. The molecule has 138 valence electrons. The molecule has 0 amide bonds. The van der Waals surface area contributed by atoms with Crippen molar-refractivity contribution in [1.82, 2.24) is 9.47 Å². The summed E-state index contributed by atoms with van der Waals surface area (Å²) in [5, 5.41) is 9.86. The summed E-state index contributed by atoms with van der Waals surface area (Å²) < 4.78 is 2.02. The van der Waals surface area contributed by atoms with E-state index in [1.807, 2.05) is 53.2 Å². The molecular formula is C23H25N3O. The zero-order chi connectivity index (χ0) is 19.2. The molecule has 0 aliphatic rings. The van der Waals surface area contributed by atoms with Crippen LogP contribution in [-0.2, 0) is 13.1 Å². The van der Waals surface area contributed by atoms with Gasteiger partial charge in [0.2, 0.25) is 0 Å². The fraction of sp³-hybridized carbons (Fsp3) is 0.304. The lowest BCUT2D eigenvalue weighted by Gasteiger charge is -2.25. The quantitative estimate of drug-likeness (QED) is 0.550. The number of nitriles is 1. The van der Waals surface area contributed by atoms with Crippen LogP contribution in [-0.4, -0.2) is 27.8 Å². The molecular weight excluding hydrogens is 334 g/mol. The highest BCUT2D eigenvalue weighted by Gasteiger charge is 2.19. The van der Waals surface area contributed by atoms with Gasteiger partial charge < -0.3 is 4.57 Å². The Morgan fingerprint density at radius 3 is 2.52 bits per heavy atom. The number of carbonyl (C=O) groups is 1. The first kappa shape index (κ1) is 18.9. The Morgan fingerprint density at radius 2 is 1.81 bits per heavy atom. The van der Waals surface area contributed by atoms with Gasteiger partial charge in [-0.15, -0.1) is 0 Å². The van der Waals surface area contributed by atoms with Crippen molar-refractivity contribution >= 4 is 16.7 Å². The van der Waals surface area contributed by atoms with Gasteiger partial charge in [0.25, 0.3) is 0 Å². The van der Waals surface area contributed by atoms with Gasteiger partial charge in [-0.3, -0.25) is 9.69 Å². The predicted molar refractivity (Wildman–Crippen MR) is 108 cm³/mol. The van der Waals surface area contributed by atoms with Gasteiger partial charge in [0, 0.05) is 41.8 Å². The Kier molecular flexibility index (Phi) is 6.05. The van der Waals surface area contributed by atoms with E-state index in [0.717, 1.165) is 23.0 Å². The largest absolute Gasteiger partial charge is 0.346 e. The smallest absolute Gasteiger partial charge is 0.178 e. The summed E-state index contributed by atoms with van der Waals surface area (Å²) in [5.41, 5.74) is 2.95. The van der Waals surface area contributed by atoms with Crippen molar-refractivity contribution in [2.45, 2.75) is 39.4 Å². The molecule has 4 nitrogen and oxygen atoms in total. The minimum atomic E-state index is 0.117. The Bertz CT molecular complexity index is 951. The third-order valence-corrected chi connectivity index (χ3v) is 4.86. The Balaban J connectivity index is 1.85. The highest BCUT2D eigenvalue weighted by molar-refractivity contribution is 6.09. The van der Waals surface area contributed by atoms with Crippen molar-refractivity contribution in [3.05, 3.63) is 71.9 Å². The number of aryl methyl sites for hydroxylation is 1. The summed E-state index contributed by atoms with van der Waals surface area (Å²) in [5.74, 6) is 0.117. The van der Waals surface area contributed by atoms with Gasteiger partial charge in [-0.25, -0.2) is 0 Å². The second kappa shape index (κ2) is 8.66. The van der Waals surface area contributed by atoms with Gasteiger partial charge in [0.1, 0.15) is 0 Å². The molecule has 3 aromatic rings. The van der Waals surface area contributed by atoms with Crippen LogP contribution in [0.25, 0.3) is 10.9 Å². The van der Waals surface area contributed by atoms with E-state index in [1.165, 1.54) is 5.56 Å². The Morgan fingerprint density at radius 1 is 1.11 bits per heavy atom. The van der Waals surface area contributed by atoms with Crippen molar-refractivity contribution in [2.24, 2.45) is 0 Å². The molecule has 0 aliphatic carbocycles. The molecule has 0 aliphatic heterocycles. The van der Waals surface area contributed by atoms with Crippen LogP contribution in [0.4, 0.5) is 0 Å². The van der Waals surface area contributed by atoms with E-state index < -0.39 is 0 Å². The molecule has 0 N–H and O–H groups in total. The maximum Gasteiger partial charge on any atom is 0.178 e. The number of hydrogen-bond donors (Lipinski definition) is 0. The minimum absolute atomic E-state index is 0.117. The second-order valence-corrected chi connectivity index (χ2v) is 7.07. The highest BCUT2D eigenvalue weighted by atomic mass is 16.1. The van der Waals surface area contributed by atoms with Gasteiger partial charge in [-0.1, -0.05) is 48.5 Å². The maximum absolute atomic E-state index is 13.1. The van der Waals surface area contributed by atoms with Gasteiger partial charge in [0.15, 0.2) is 5.78 Å². The number of carbonyl (C=O) groups excluding carboxylic acids is 1. The van der Waals surface area contributed by atoms with Crippen LogP contribution in [0.15, 0.2) is 60.8 Å². The summed E-state index contributed by atoms with van der Waals surface area (Å²) in [6.07, 6.45) is 2.34. The van der Waals surface area contributed by atoms with Crippen LogP contribution < -0.4 is 0 Å². The van der Waals surface area contributed by atoms with Crippen molar-refractivity contribution in [2.75, 3.05) is 6.54 Å². The van der Waals surface area contributed by atoms with Crippen LogP contribution in [0.1, 0.15) is 36.2 Å².